The molecule has 6 rings (SSSR count). The third-order valence-corrected chi connectivity index (χ3v) is 9.11. The fourth-order valence-electron chi connectivity index (χ4n) is 6.97. The summed E-state index contributed by atoms with van der Waals surface area (Å²) in [5.41, 5.74) is 3.44. The third kappa shape index (κ3) is 5.70. The fraction of sp³-hybridized carbons (Fsp3) is 0.472. The smallest absolute Gasteiger partial charge is 0.410 e. The first-order chi connectivity index (χ1) is 22.2. The van der Waals surface area contributed by atoms with Crippen molar-refractivity contribution in [2.75, 3.05) is 18.0 Å². The molecule has 1 fully saturated rings. The van der Waals surface area contributed by atoms with Crippen LogP contribution in [-0.2, 0) is 17.6 Å². The minimum absolute atomic E-state index is 0.0159. The summed E-state index contributed by atoms with van der Waals surface area (Å²) in [6, 6.07) is 5.63. The second-order valence-electron chi connectivity index (χ2n) is 14.2. The van der Waals surface area contributed by atoms with Crippen LogP contribution < -0.4 is 10.6 Å². The number of carbonyl (C=O) groups excluding carboxylic acids is 1. The molecule has 1 aliphatic carbocycles. The van der Waals surface area contributed by atoms with Crippen molar-refractivity contribution < 1.29 is 19.0 Å². The van der Waals surface area contributed by atoms with E-state index < -0.39 is 17.1 Å². The summed E-state index contributed by atoms with van der Waals surface area (Å²) in [5.74, 6) is -0.324. The number of amides is 1. The Labute approximate surface area is 274 Å². The molecule has 3 aromatic heterocycles. The lowest BCUT2D eigenvalue weighted by Crippen LogP contribution is -2.59. The first-order valence-corrected chi connectivity index (χ1v) is 16.4. The number of nitrogens with zero attached hydrogens (tertiary/aromatic N) is 6. The Balaban J connectivity index is 1.64. The maximum absolute atomic E-state index is 15.5. The molecule has 1 amide bonds. The van der Waals surface area contributed by atoms with Gasteiger partial charge in [0.25, 0.3) is 0 Å². The number of phenols is 1. The van der Waals surface area contributed by atoms with E-state index in [9.17, 15) is 14.7 Å². The largest absolute Gasteiger partial charge is 0.507 e. The molecule has 0 spiro atoms. The number of hydrogen-bond acceptors (Lipinski definition) is 8. The Morgan fingerprint density at radius 2 is 1.79 bits per heavy atom. The Morgan fingerprint density at radius 3 is 2.47 bits per heavy atom. The average Bonchev–Trinajstić information content (AvgIpc) is 3.47. The van der Waals surface area contributed by atoms with Crippen molar-refractivity contribution >= 4 is 22.9 Å². The zero-order chi connectivity index (χ0) is 33.9. The average molecular weight is 643 g/mol. The summed E-state index contributed by atoms with van der Waals surface area (Å²) < 4.78 is 22.7. The molecular formula is C36H43FN6O4. The first-order valence-electron chi connectivity index (χ1n) is 16.4. The van der Waals surface area contributed by atoms with Crippen molar-refractivity contribution in [1.29, 1.82) is 0 Å². The van der Waals surface area contributed by atoms with E-state index in [1.807, 2.05) is 61.5 Å². The number of fused-ring (bicyclic) bond motifs is 3. The number of phenolic OH excluding ortho intramolecular Hbond substituents is 1. The van der Waals surface area contributed by atoms with Crippen LogP contribution in [0.15, 0.2) is 35.3 Å². The highest BCUT2D eigenvalue weighted by Crippen LogP contribution is 2.43. The number of halogens is 1. The summed E-state index contributed by atoms with van der Waals surface area (Å²) in [7, 11) is 0. The minimum Gasteiger partial charge on any atom is -0.507 e. The van der Waals surface area contributed by atoms with Crippen molar-refractivity contribution in [1.82, 2.24) is 24.4 Å². The minimum atomic E-state index is -0.630. The second kappa shape index (κ2) is 11.9. The third-order valence-electron chi connectivity index (χ3n) is 9.11. The summed E-state index contributed by atoms with van der Waals surface area (Å²) >= 11 is 0. The molecule has 0 unspecified atom stereocenters. The van der Waals surface area contributed by atoms with Gasteiger partial charge < -0.3 is 19.6 Å². The number of pyridine rings is 2. The van der Waals surface area contributed by atoms with E-state index in [1.165, 1.54) is 22.8 Å². The van der Waals surface area contributed by atoms with Crippen LogP contribution in [0.2, 0.25) is 0 Å². The lowest BCUT2D eigenvalue weighted by molar-refractivity contribution is 0.0130. The summed E-state index contributed by atoms with van der Waals surface area (Å²) in [6.07, 6.45) is 3.47. The normalized spacial score (nSPS) is 18.3. The molecule has 0 bridgehead atoms. The highest BCUT2D eigenvalue weighted by Gasteiger charge is 2.38. The zero-order valence-corrected chi connectivity index (χ0v) is 28.4. The summed E-state index contributed by atoms with van der Waals surface area (Å²) in [4.78, 5) is 45.8. The molecule has 4 aromatic rings. The lowest BCUT2D eigenvalue weighted by Gasteiger charge is -2.45. The van der Waals surface area contributed by atoms with Gasteiger partial charge in [-0.05, 0) is 102 Å². The maximum Gasteiger partial charge on any atom is 0.410 e. The molecule has 2 aliphatic rings. The van der Waals surface area contributed by atoms with Crippen LogP contribution >= 0.6 is 0 Å². The molecule has 0 radical (unpaired) electrons. The summed E-state index contributed by atoms with van der Waals surface area (Å²) in [6.45, 7) is 16.2. The molecule has 2 atom stereocenters. The van der Waals surface area contributed by atoms with Gasteiger partial charge in [-0.2, -0.15) is 4.98 Å². The number of hydrogen-bond donors (Lipinski definition) is 1. The monoisotopic (exact) mass is 642 g/mol. The molecule has 1 aromatic carbocycles. The van der Waals surface area contributed by atoms with Crippen molar-refractivity contribution in [2.45, 2.75) is 98.3 Å². The number of carbonyl (C=O) groups is 1. The Kier molecular flexibility index (Phi) is 8.22. The highest BCUT2D eigenvalue weighted by atomic mass is 19.1. The number of ether oxygens (including phenoxy) is 1. The van der Waals surface area contributed by atoms with E-state index in [4.69, 9.17) is 14.7 Å². The quantitative estimate of drug-likeness (QED) is 0.271. The van der Waals surface area contributed by atoms with Gasteiger partial charge in [-0.25, -0.2) is 23.5 Å². The standard InChI is InChI=1S/C36H43FN6O4/c1-19(2)29-31(20(3)15-16-38-29)43-33-27(23-11-9-12-24(23)30(39-33)28-25(37)13-10-14-26(28)44)32(40-34(43)45)41-17-22(5)42(18-21(41)4)35(46)47-36(6,7)8/h10,13-16,19,21-22,44H,9,11-12,17-18H2,1-8H3/t21-,22+/m0/s1. The molecule has 11 heteroatoms. The van der Waals surface area contributed by atoms with E-state index in [2.05, 4.69) is 9.88 Å². The van der Waals surface area contributed by atoms with Gasteiger partial charge in [0.15, 0.2) is 5.65 Å². The number of piperazine rings is 1. The van der Waals surface area contributed by atoms with Gasteiger partial charge in [0, 0.05) is 31.4 Å². The van der Waals surface area contributed by atoms with Gasteiger partial charge in [0.2, 0.25) is 0 Å². The molecular weight excluding hydrogens is 599 g/mol. The van der Waals surface area contributed by atoms with Crippen LogP contribution in [0.5, 0.6) is 5.75 Å². The lowest BCUT2D eigenvalue weighted by atomic mass is 9.98. The van der Waals surface area contributed by atoms with E-state index in [1.54, 1.807) is 11.1 Å². The topological polar surface area (TPSA) is 114 Å². The van der Waals surface area contributed by atoms with Gasteiger partial charge >= 0.3 is 11.8 Å². The maximum atomic E-state index is 15.5. The number of aromatic hydroxyl groups is 1. The van der Waals surface area contributed by atoms with Gasteiger partial charge in [-0.1, -0.05) is 19.9 Å². The Hall–Kier alpha value is -4.54. The number of benzene rings is 1. The predicted octanol–water partition coefficient (Wildman–Crippen LogP) is 6.44. The van der Waals surface area contributed by atoms with Crippen molar-refractivity contribution in [2.24, 2.45) is 0 Å². The zero-order valence-electron chi connectivity index (χ0n) is 28.4. The van der Waals surface area contributed by atoms with Crippen LogP contribution in [0.1, 0.15) is 83.2 Å². The Bertz CT molecular complexity index is 1930. The SMILES string of the molecule is Cc1ccnc(C(C)C)c1-n1c(=O)nc(N2C[C@@H](C)N(C(=O)OC(C)(C)C)C[C@@H]2C)c2c3c(c(-c4c(O)cccc4F)nc21)CCC3. The van der Waals surface area contributed by atoms with Crippen molar-refractivity contribution in [3.05, 3.63) is 69.1 Å². The van der Waals surface area contributed by atoms with Crippen LogP contribution in [0.3, 0.4) is 0 Å². The van der Waals surface area contributed by atoms with Crippen LogP contribution in [0.25, 0.3) is 28.0 Å². The van der Waals surface area contributed by atoms with Gasteiger partial charge in [0.05, 0.1) is 28.0 Å². The second-order valence-corrected chi connectivity index (χ2v) is 14.2. The molecule has 1 aliphatic heterocycles. The first kappa shape index (κ1) is 32.4. The molecule has 1 saturated heterocycles. The molecule has 10 nitrogen and oxygen atoms in total. The van der Waals surface area contributed by atoms with Gasteiger partial charge in [0.1, 0.15) is 23.0 Å². The van der Waals surface area contributed by atoms with Crippen molar-refractivity contribution in [3.8, 4) is 22.7 Å². The molecule has 0 saturated carbocycles. The highest BCUT2D eigenvalue weighted by molar-refractivity contribution is 5.96. The summed E-state index contributed by atoms with van der Waals surface area (Å²) in [5, 5.41) is 11.6. The molecule has 248 valence electrons. The molecule has 47 heavy (non-hydrogen) atoms. The van der Waals surface area contributed by atoms with E-state index in [0.29, 0.717) is 54.5 Å². The number of aryl methyl sites for hydroxylation is 2. The van der Waals surface area contributed by atoms with Gasteiger partial charge in [-0.3, -0.25) is 4.98 Å². The van der Waals surface area contributed by atoms with Crippen LogP contribution in [-0.4, -0.2) is 66.4 Å². The predicted molar refractivity (Wildman–Crippen MR) is 180 cm³/mol. The van der Waals surface area contributed by atoms with Crippen LogP contribution in [0, 0.1) is 12.7 Å². The fourth-order valence-corrected chi connectivity index (χ4v) is 6.97. The van der Waals surface area contributed by atoms with Gasteiger partial charge in [-0.15, -0.1) is 0 Å². The molecule has 4 heterocycles. The number of anilines is 1. The van der Waals surface area contributed by atoms with E-state index >= 15 is 4.39 Å². The molecule has 1 N–H and O–H groups in total. The number of aromatic nitrogens is 4. The van der Waals surface area contributed by atoms with E-state index in [-0.39, 0.29) is 35.4 Å². The van der Waals surface area contributed by atoms with Crippen LogP contribution in [0.4, 0.5) is 15.0 Å². The number of rotatable bonds is 4. The van der Waals surface area contributed by atoms with Crippen molar-refractivity contribution in [3.63, 3.8) is 0 Å². The van der Waals surface area contributed by atoms with E-state index in [0.717, 1.165) is 28.5 Å². The Morgan fingerprint density at radius 1 is 1.06 bits per heavy atom.